The summed E-state index contributed by atoms with van der Waals surface area (Å²) < 4.78 is 7.09. The van der Waals surface area contributed by atoms with Crippen LogP contribution < -0.4 is 4.74 Å². The molecule has 17 heavy (non-hydrogen) atoms. The van der Waals surface area contributed by atoms with Gasteiger partial charge in [-0.1, -0.05) is 6.07 Å². The number of nitrogens with zero attached hydrogens (tertiary/aromatic N) is 1. The number of fused-ring (bicyclic) bond motifs is 1. The van der Waals surface area contributed by atoms with Gasteiger partial charge in [-0.15, -0.1) is 0 Å². The van der Waals surface area contributed by atoms with Gasteiger partial charge in [-0.3, -0.25) is 0 Å². The van der Waals surface area contributed by atoms with Crippen LogP contribution in [0.2, 0.25) is 0 Å². The molecule has 0 unspecified atom stereocenters. The van der Waals surface area contributed by atoms with Gasteiger partial charge in [0.15, 0.2) is 6.61 Å². The molecule has 5 nitrogen and oxygen atoms in total. The van der Waals surface area contributed by atoms with Crippen LogP contribution in [0.4, 0.5) is 0 Å². The fraction of sp³-hybridized carbons (Fsp3) is 0.250. The Balaban J connectivity index is 2.34. The molecule has 0 aliphatic heterocycles. The molecule has 0 radical (unpaired) electrons. The van der Waals surface area contributed by atoms with E-state index in [1.54, 1.807) is 12.1 Å². The van der Waals surface area contributed by atoms with Crippen molar-refractivity contribution >= 4 is 16.9 Å². The largest absolute Gasteiger partial charge is 0.481 e. The topological polar surface area (TPSA) is 71.7 Å². The highest BCUT2D eigenvalue weighted by molar-refractivity contribution is 5.86. The van der Waals surface area contributed by atoms with Crippen molar-refractivity contribution in [1.29, 1.82) is 0 Å². The number of hydrogen-bond acceptors (Lipinski definition) is 3. The number of carboxylic acids is 1. The molecule has 1 heterocycles. The third-order valence-corrected chi connectivity index (χ3v) is 2.47. The van der Waals surface area contributed by atoms with Crippen molar-refractivity contribution in [3.8, 4) is 5.75 Å². The first-order valence-electron chi connectivity index (χ1n) is 5.25. The van der Waals surface area contributed by atoms with Crippen LogP contribution in [0, 0.1) is 0 Å². The van der Waals surface area contributed by atoms with Crippen LogP contribution in [0.3, 0.4) is 0 Å². The summed E-state index contributed by atoms with van der Waals surface area (Å²) in [6.07, 6.45) is 1.84. The third kappa shape index (κ3) is 2.39. The Morgan fingerprint density at radius 1 is 1.35 bits per heavy atom. The lowest BCUT2D eigenvalue weighted by molar-refractivity contribution is -0.139. The normalized spacial score (nSPS) is 10.6. The number of aromatic nitrogens is 1. The summed E-state index contributed by atoms with van der Waals surface area (Å²) in [4.78, 5) is 10.5. The number of ether oxygens (including phenoxy) is 1. The van der Waals surface area contributed by atoms with E-state index in [0.717, 1.165) is 10.9 Å². The Morgan fingerprint density at radius 3 is 2.88 bits per heavy atom. The molecule has 2 aromatic rings. The highest BCUT2D eigenvalue weighted by Gasteiger charge is 2.07. The average Bonchev–Trinajstić information content (AvgIpc) is 2.71. The van der Waals surface area contributed by atoms with E-state index in [1.807, 2.05) is 22.9 Å². The van der Waals surface area contributed by atoms with Crippen LogP contribution >= 0.6 is 0 Å². The fourth-order valence-corrected chi connectivity index (χ4v) is 1.76. The molecule has 0 saturated heterocycles. The molecule has 0 spiro atoms. The Morgan fingerprint density at radius 2 is 2.18 bits per heavy atom. The van der Waals surface area contributed by atoms with Gasteiger partial charge in [-0.25, -0.2) is 4.79 Å². The second-order valence-electron chi connectivity index (χ2n) is 3.60. The molecular weight excluding hydrogens is 222 g/mol. The molecule has 0 aliphatic carbocycles. The zero-order valence-corrected chi connectivity index (χ0v) is 9.17. The van der Waals surface area contributed by atoms with E-state index >= 15 is 0 Å². The number of benzene rings is 1. The standard InChI is InChI=1S/C12H13NO4/c14-7-6-13-5-4-9-10(13)2-1-3-11(9)17-8-12(15)16/h1-5,14H,6-8H2,(H,15,16). The third-order valence-electron chi connectivity index (χ3n) is 2.47. The molecule has 5 heteroatoms. The average molecular weight is 235 g/mol. The maximum Gasteiger partial charge on any atom is 0.341 e. The zero-order chi connectivity index (χ0) is 12.3. The van der Waals surface area contributed by atoms with Crippen LogP contribution in [0.5, 0.6) is 5.75 Å². The molecule has 0 amide bonds. The van der Waals surface area contributed by atoms with E-state index in [-0.39, 0.29) is 13.2 Å². The van der Waals surface area contributed by atoms with Gasteiger partial charge in [0.25, 0.3) is 0 Å². The van der Waals surface area contributed by atoms with Crippen molar-refractivity contribution in [1.82, 2.24) is 4.57 Å². The Labute approximate surface area is 97.9 Å². The molecule has 0 bridgehead atoms. The van der Waals surface area contributed by atoms with Gasteiger partial charge in [-0.2, -0.15) is 0 Å². The first-order valence-corrected chi connectivity index (χ1v) is 5.25. The molecule has 90 valence electrons. The van der Waals surface area contributed by atoms with Crippen LogP contribution in [0.25, 0.3) is 10.9 Å². The lowest BCUT2D eigenvalue weighted by Gasteiger charge is -2.06. The highest BCUT2D eigenvalue weighted by atomic mass is 16.5. The minimum atomic E-state index is -1.00. The van der Waals surface area contributed by atoms with E-state index in [4.69, 9.17) is 14.9 Å². The molecule has 0 aliphatic rings. The lowest BCUT2D eigenvalue weighted by Crippen LogP contribution is -2.09. The number of rotatable bonds is 5. The summed E-state index contributed by atoms with van der Waals surface area (Å²) in [7, 11) is 0. The number of aliphatic hydroxyl groups is 1. The first-order chi connectivity index (χ1) is 8.22. The number of aliphatic hydroxyl groups excluding tert-OH is 1. The maximum absolute atomic E-state index is 10.5. The molecule has 0 fully saturated rings. The zero-order valence-electron chi connectivity index (χ0n) is 9.17. The first kappa shape index (κ1) is 11.5. The molecular formula is C12H13NO4. The van der Waals surface area contributed by atoms with Crippen molar-refractivity contribution in [2.45, 2.75) is 6.54 Å². The van der Waals surface area contributed by atoms with E-state index in [2.05, 4.69) is 0 Å². The predicted octanol–water partition coefficient (Wildman–Crippen LogP) is 1.10. The van der Waals surface area contributed by atoms with E-state index in [9.17, 15) is 4.79 Å². The van der Waals surface area contributed by atoms with Crippen LogP contribution in [-0.2, 0) is 11.3 Å². The number of carbonyl (C=O) groups is 1. The van der Waals surface area contributed by atoms with Gasteiger partial charge >= 0.3 is 5.97 Å². The molecule has 0 saturated carbocycles. The monoisotopic (exact) mass is 235 g/mol. The Hall–Kier alpha value is -2.01. The second-order valence-corrected chi connectivity index (χ2v) is 3.60. The van der Waals surface area contributed by atoms with Gasteiger partial charge in [0.05, 0.1) is 12.1 Å². The van der Waals surface area contributed by atoms with Crippen LogP contribution in [-0.4, -0.2) is 34.0 Å². The van der Waals surface area contributed by atoms with Crippen molar-refractivity contribution in [2.75, 3.05) is 13.2 Å². The van der Waals surface area contributed by atoms with Crippen LogP contribution in [0.15, 0.2) is 30.5 Å². The number of hydrogen-bond donors (Lipinski definition) is 2. The number of aliphatic carboxylic acids is 1. The molecule has 2 N–H and O–H groups in total. The van der Waals surface area contributed by atoms with E-state index < -0.39 is 5.97 Å². The lowest BCUT2D eigenvalue weighted by atomic mass is 10.2. The molecule has 0 atom stereocenters. The summed E-state index contributed by atoms with van der Waals surface area (Å²) in [5.74, 6) is -0.460. The van der Waals surface area contributed by atoms with Gasteiger partial charge in [0, 0.05) is 18.1 Å². The second kappa shape index (κ2) is 4.88. The van der Waals surface area contributed by atoms with Gasteiger partial charge < -0.3 is 19.5 Å². The van der Waals surface area contributed by atoms with Gasteiger partial charge in [0.1, 0.15) is 5.75 Å². The highest BCUT2D eigenvalue weighted by Crippen LogP contribution is 2.26. The van der Waals surface area contributed by atoms with Crippen LogP contribution in [0.1, 0.15) is 0 Å². The summed E-state index contributed by atoms with van der Waals surface area (Å²) in [5.41, 5.74) is 0.918. The maximum atomic E-state index is 10.5. The smallest absolute Gasteiger partial charge is 0.341 e. The van der Waals surface area contributed by atoms with Gasteiger partial charge in [0.2, 0.25) is 0 Å². The van der Waals surface area contributed by atoms with Crippen molar-refractivity contribution in [3.63, 3.8) is 0 Å². The predicted molar refractivity (Wildman–Crippen MR) is 62.2 cm³/mol. The molecule has 1 aromatic heterocycles. The molecule has 1 aromatic carbocycles. The Bertz CT molecular complexity index is 532. The summed E-state index contributed by atoms with van der Waals surface area (Å²) in [6, 6.07) is 7.28. The van der Waals surface area contributed by atoms with Gasteiger partial charge in [-0.05, 0) is 18.2 Å². The summed E-state index contributed by atoms with van der Waals surface area (Å²) in [5, 5.41) is 18.3. The van der Waals surface area contributed by atoms with Crippen molar-refractivity contribution in [2.24, 2.45) is 0 Å². The minimum absolute atomic E-state index is 0.0595. The molecule has 2 rings (SSSR count). The summed E-state index contributed by atoms with van der Waals surface area (Å²) in [6.45, 7) is 0.208. The Kier molecular flexibility index (Phi) is 3.30. The van der Waals surface area contributed by atoms with Crippen molar-refractivity contribution < 1.29 is 19.7 Å². The SMILES string of the molecule is O=C(O)COc1cccc2c1ccn2CCO. The number of carboxylic acid groups (broad SMARTS) is 1. The van der Waals surface area contributed by atoms with Crippen molar-refractivity contribution in [3.05, 3.63) is 30.5 Å². The quantitative estimate of drug-likeness (QED) is 0.814. The van der Waals surface area contributed by atoms with E-state index in [0.29, 0.717) is 12.3 Å². The minimum Gasteiger partial charge on any atom is -0.481 e. The summed E-state index contributed by atoms with van der Waals surface area (Å²) >= 11 is 0. The fourth-order valence-electron chi connectivity index (χ4n) is 1.76. The van der Waals surface area contributed by atoms with E-state index in [1.165, 1.54) is 0 Å².